The third kappa shape index (κ3) is 2.90. The summed E-state index contributed by atoms with van der Waals surface area (Å²) >= 11 is 1.71. The molecule has 0 spiro atoms. The molecule has 0 aliphatic heterocycles. The molecule has 0 saturated carbocycles. The van der Waals surface area contributed by atoms with E-state index in [1.54, 1.807) is 11.3 Å². The number of hydrogen-bond donors (Lipinski definition) is 2. The summed E-state index contributed by atoms with van der Waals surface area (Å²) in [5.41, 5.74) is 16.9. The molecule has 0 fully saturated rings. The molecule has 3 aromatic rings. The molecule has 3 rings (SSSR count). The lowest BCUT2D eigenvalue weighted by atomic mass is 10.1. The third-order valence-corrected chi connectivity index (χ3v) is 4.74. The molecule has 21 heavy (non-hydrogen) atoms. The van der Waals surface area contributed by atoms with Crippen molar-refractivity contribution < 1.29 is 0 Å². The van der Waals surface area contributed by atoms with Gasteiger partial charge in [-0.05, 0) is 36.6 Å². The van der Waals surface area contributed by atoms with Crippen LogP contribution < -0.4 is 11.5 Å². The zero-order valence-electron chi connectivity index (χ0n) is 12.2. The van der Waals surface area contributed by atoms with Gasteiger partial charge in [0.2, 0.25) is 11.3 Å². The Hall–Kier alpha value is -1.94. The van der Waals surface area contributed by atoms with Crippen LogP contribution in [0.3, 0.4) is 0 Å². The van der Waals surface area contributed by atoms with Crippen molar-refractivity contribution >= 4 is 43.1 Å². The Kier molecular flexibility index (Phi) is 3.88. The van der Waals surface area contributed by atoms with Crippen molar-refractivity contribution in [2.45, 2.75) is 32.6 Å². The Morgan fingerprint density at radius 1 is 1.00 bits per heavy atom. The topological polar surface area (TPSA) is 64.9 Å². The van der Waals surface area contributed by atoms with Crippen LogP contribution in [0.4, 0.5) is 11.4 Å². The molecule has 1 heterocycles. The second kappa shape index (κ2) is 5.82. The summed E-state index contributed by atoms with van der Waals surface area (Å²) in [7, 11) is 0. The predicted molar refractivity (Wildman–Crippen MR) is 93.6 cm³/mol. The van der Waals surface area contributed by atoms with E-state index in [4.69, 9.17) is 16.5 Å². The van der Waals surface area contributed by atoms with E-state index in [0.717, 1.165) is 38.2 Å². The second-order valence-corrected chi connectivity index (χ2v) is 6.51. The average molecular weight is 298 g/mol. The van der Waals surface area contributed by atoms with E-state index in [0.29, 0.717) is 0 Å². The van der Waals surface area contributed by atoms with Crippen molar-refractivity contribution in [3.63, 3.8) is 0 Å². The molecule has 0 unspecified atom stereocenters. The number of unbranched alkanes of at least 4 members (excludes halogenated alkanes) is 2. The highest BCUT2D eigenvalue weighted by atomic mass is 32.1. The molecule has 2 aromatic carbocycles. The molecule has 1 aromatic heterocycles. The number of aryl methyl sites for hydroxylation is 1. The van der Waals surface area contributed by atoms with E-state index >= 15 is 0 Å². The van der Waals surface area contributed by atoms with Crippen LogP contribution in [0.15, 0.2) is 30.3 Å². The minimum absolute atomic E-state index is 0.770. The monoisotopic (exact) mass is 298 g/mol. The molecule has 0 amide bonds. The normalized spacial score (nSPS) is 11.3. The summed E-state index contributed by atoms with van der Waals surface area (Å²) in [4.78, 5) is 4.84. The summed E-state index contributed by atoms with van der Waals surface area (Å²) in [6.07, 6.45) is 4.68. The smallest absolute Gasteiger partial charge is 0.259 e. The maximum Gasteiger partial charge on any atom is 0.259 e. The number of benzene rings is 2. The Balaban J connectivity index is 2.16. The zero-order valence-corrected chi connectivity index (χ0v) is 13.0. The van der Waals surface area contributed by atoms with Gasteiger partial charge < -0.3 is 11.5 Å². The lowest BCUT2D eigenvalue weighted by molar-refractivity contribution is 0.719. The minimum atomic E-state index is 0.770. The molecule has 0 aliphatic carbocycles. The van der Waals surface area contributed by atoms with E-state index < -0.39 is 0 Å². The molecule has 0 aliphatic rings. The lowest BCUT2D eigenvalue weighted by Gasteiger charge is -2.04. The number of aromatic nitrogens is 1. The van der Waals surface area contributed by atoms with Crippen LogP contribution in [0.2, 0.25) is 0 Å². The number of nitrogens with two attached hydrogens (primary N) is 2. The van der Waals surface area contributed by atoms with Crippen molar-refractivity contribution in [3.8, 4) is 0 Å². The second-order valence-electron chi connectivity index (χ2n) is 5.42. The largest absolute Gasteiger partial charge is 0.399 e. The molecule has 4 N–H and O–H groups in total. The van der Waals surface area contributed by atoms with Gasteiger partial charge in [0.1, 0.15) is 11.0 Å². The molecule has 0 atom stereocenters. The van der Waals surface area contributed by atoms with Crippen LogP contribution in [-0.4, -0.2) is 4.98 Å². The van der Waals surface area contributed by atoms with Crippen molar-refractivity contribution in [2.24, 2.45) is 0 Å². The van der Waals surface area contributed by atoms with Crippen LogP contribution in [0.1, 0.15) is 31.7 Å². The van der Waals surface area contributed by atoms with Crippen molar-refractivity contribution in [2.75, 3.05) is 11.5 Å². The highest BCUT2D eigenvalue weighted by Crippen LogP contribution is 2.31. The Morgan fingerprint density at radius 2 is 1.81 bits per heavy atom. The number of nitrogens with zero attached hydrogens (tertiary/aromatic N) is 1. The summed E-state index contributed by atoms with van der Waals surface area (Å²) < 4.78 is 2.24. The van der Waals surface area contributed by atoms with E-state index in [9.17, 15) is 0 Å². The average Bonchev–Trinajstić information content (AvgIpc) is 2.45. The zero-order chi connectivity index (χ0) is 14.8. The molecule has 3 nitrogen and oxygen atoms in total. The van der Waals surface area contributed by atoms with E-state index in [1.165, 1.54) is 24.8 Å². The van der Waals surface area contributed by atoms with Gasteiger partial charge >= 0.3 is 0 Å². The van der Waals surface area contributed by atoms with Gasteiger partial charge in [0.15, 0.2) is 0 Å². The first-order valence-corrected chi connectivity index (χ1v) is 8.20. The highest BCUT2D eigenvalue weighted by molar-refractivity contribution is 7.24. The van der Waals surface area contributed by atoms with Gasteiger partial charge in [0.25, 0.3) is 9.40 Å². The van der Waals surface area contributed by atoms with Crippen molar-refractivity contribution in [1.82, 2.24) is 4.98 Å². The fourth-order valence-corrected chi connectivity index (χ4v) is 3.71. The van der Waals surface area contributed by atoms with Crippen LogP contribution in [0.25, 0.3) is 20.4 Å². The van der Waals surface area contributed by atoms with Gasteiger partial charge in [-0.1, -0.05) is 19.8 Å². The number of hydrogen-bond acceptors (Lipinski definition) is 3. The van der Waals surface area contributed by atoms with Crippen LogP contribution in [-0.2, 0) is 6.42 Å². The van der Waals surface area contributed by atoms with Crippen LogP contribution in [0, 0.1) is 0 Å². The van der Waals surface area contributed by atoms with Crippen LogP contribution in [0.5, 0.6) is 0 Å². The van der Waals surface area contributed by atoms with Crippen molar-refractivity contribution in [3.05, 3.63) is 35.9 Å². The molecule has 0 radical (unpaired) electrons. The lowest BCUT2D eigenvalue weighted by Crippen LogP contribution is -1.94. The summed E-state index contributed by atoms with van der Waals surface area (Å²) in [6.45, 7) is 2.22. The fraction of sp³-hybridized carbons (Fsp3) is 0.294. The first kappa shape index (κ1) is 14.0. The highest BCUT2D eigenvalue weighted by Gasteiger charge is 2.16. The maximum atomic E-state index is 6.06. The van der Waals surface area contributed by atoms with Gasteiger partial charge in [-0.3, -0.25) is 0 Å². The number of fused-ring (bicyclic) bond motifs is 2. The summed E-state index contributed by atoms with van der Waals surface area (Å²) in [6, 6.07) is 9.96. The molecule has 0 bridgehead atoms. The van der Waals surface area contributed by atoms with Gasteiger partial charge in [-0.25, -0.2) is 4.98 Å². The van der Waals surface area contributed by atoms with Gasteiger partial charge in [0.05, 0.1) is 0 Å². The van der Waals surface area contributed by atoms with E-state index in [-0.39, 0.29) is 0 Å². The van der Waals surface area contributed by atoms with Gasteiger partial charge in [-0.2, -0.15) is 0 Å². The third-order valence-electron chi connectivity index (χ3n) is 3.66. The molecule has 108 valence electrons. The first-order valence-electron chi connectivity index (χ1n) is 7.39. The SMILES string of the molecule is CCCCCc1cc(N)cc2[s+]c3cc(N)ccc3nc12. The Morgan fingerprint density at radius 3 is 2.62 bits per heavy atom. The number of anilines is 2. The van der Waals surface area contributed by atoms with E-state index in [1.807, 2.05) is 24.3 Å². The predicted octanol–water partition coefficient (Wildman–Crippen LogP) is 4.63. The quantitative estimate of drug-likeness (QED) is 0.319. The molecular formula is C17H20N3S+. The van der Waals surface area contributed by atoms with Gasteiger partial charge in [-0.15, -0.1) is 0 Å². The maximum absolute atomic E-state index is 6.06. The number of nitrogen functional groups attached to an aromatic ring is 2. The van der Waals surface area contributed by atoms with E-state index in [2.05, 4.69) is 13.0 Å². The molecular weight excluding hydrogens is 278 g/mol. The Labute approximate surface area is 128 Å². The standard InChI is InChI=1S/C17H20N3S/c1-2-3-4-5-11-8-13(19)10-16-17(11)20-14-7-6-12(18)9-15(14)21-16/h6-10H,2-5,18-19H2,1H3/q+1. The summed E-state index contributed by atoms with van der Waals surface area (Å²) in [5.74, 6) is 0. The Bertz CT molecular complexity index is 799. The number of rotatable bonds is 4. The van der Waals surface area contributed by atoms with Gasteiger partial charge in [0, 0.05) is 23.5 Å². The van der Waals surface area contributed by atoms with Crippen molar-refractivity contribution in [1.29, 1.82) is 0 Å². The minimum Gasteiger partial charge on any atom is -0.399 e. The summed E-state index contributed by atoms with van der Waals surface area (Å²) in [5, 5.41) is 0. The first-order chi connectivity index (χ1) is 10.2. The fourth-order valence-electron chi connectivity index (χ4n) is 2.59. The molecule has 0 saturated heterocycles. The van der Waals surface area contributed by atoms with Crippen LogP contribution >= 0.6 is 11.3 Å². The molecule has 4 heteroatoms.